The Labute approximate surface area is 294 Å². The van der Waals surface area contributed by atoms with Crippen LogP contribution in [0.5, 0.6) is 0 Å². The van der Waals surface area contributed by atoms with Gasteiger partial charge in [-0.15, -0.1) is 0 Å². The van der Waals surface area contributed by atoms with Crippen molar-refractivity contribution in [3.8, 4) is 42.5 Å². The molecule has 7 nitrogen and oxygen atoms in total. The summed E-state index contributed by atoms with van der Waals surface area (Å²) < 4.78 is 159. The van der Waals surface area contributed by atoms with Gasteiger partial charge < -0.3 is 0 Å². The maximum atomic E-state index is 17.2. The van der Waals surface area contributed by atoms with Crippen LogP contribution >= 0.6 is 0 Å². The van der Waals surface area contributed by atoms with E-state index < -0.39 is 130 Å². The van der Waals surface area contributed by atoms with Crippen molar-refractivity contribution < 1.29 is 48.3 Å². The fraction of sp³-hybridized carbons (Fsp3) is 0.0833. The Bertz CT molecular complexity index is 2680. The van der Waals surface area contributed by atoms with Crippen LogP contribution in [0.2, 0.25) is 0 Å². The number of fused-ring (bicyclic) bond motifs is 2. The van der Waals surface area contributed by atoms with E-state index in [1.54, 1.807) is 0 Å². The Kier molecular flexibility index (Phi) is 8.90. The SMILES string of the molecule is N#CC(C#N)=C1C(c2ccc(C#N)c(C(F)(F)F)c2)=C(C#N)c2c(F)c3c(c(F)c21)C(=C(C#N)C#N)C(c1ccc(C(F)(F)F)c(C(F)(F)F)c1)=C3C#N. The molecule has 0 amide bonds. The Balaban J connectivity index is 2.02. The zero-order chi connectivity index (χ0) is 40.2. The quantitative estimate of drug-likeness (QED) is 0.186. The lowest BCUT2D eigenvalue weighted by molar-refractivity contribution is -0.162. The summed E-state index contributed by atoms with van der Waals surface area (Å²) in [5.41, 5.74) is -22.1. The van der Waals surface area contributed by atoms with Crippen LogP contribution in [-0.4, -0.2) is 0 Å². The maximum absolute atomic E-state index is 17.2. The van der Waals surface area contributed by atoms with Crippen molar-refractivity contribution in [1.82, 2.24) is 0 Å². The average molecular weight is 745 g/mol. The summed E-state index contributed by atoms with van der Waals surface area (Å²) >= 11 is 0. The van der Waals surface area contributed by atoms with Crippen molar-refractivity contribution in [3.05, 3.63) is 115 Å². The molecule has 2 aliphatic carbocycles. The molecule has 3 aromatic carbocycles. The summed E-state index contributed by atoms with van der Waals surface area (Å²) in [6, 6.07) is 11.3. The van der Waals surface area contributed by atoms with E-state index in [-0.39, 0.29) is 12.1 Å². The molecule has 262 valence electrons. The van der Waals surface area contributed by atoms with Gasteiger partial charge in [-0.1, -0.05) is 12.1 Å². The second-order valence-electron chi connectivity index (χ2n) is 10.9. The molecule has 0 spiro atoms. The van der Waals surface area contributed by atoms with Gasteiger partial charge in [0.15, 0.2) is 0 Å². The molecule has 0 bridgehead atoms. The van der Waals surface area contributed by atoms with Gasteiger partial charge in [0.05, 0.1) is 39.5 Å². The lowest BCUT2D eigenvalue weighted by Crippen LogP contribution is -2.16. The molecular weight excluding hydrogens is 739 g/mol. The zero-order valence-electron chi connectivity index (χ0n) is 25.8. The van der Waals surface area contributed by atoms with Gasteiger partial charge in [0, 0.05) is 44.5 Å². The molecule has 0 saturated heterocycles. The number of halogens is 11. The van der Waals surface area contributed by atoms with Crippen LogP contribution in [0.1, 0.15) is 55.6 Å². The first kappa shape index (κ1) is 37.5. The highest BCUT2D eigenvalue weighted by molar-refractivity contribution is 6.30. The molecule has 18 heteroatoms. The van der Waals surface area contributed by atoms with Crippen LogP contribution < -0.4 is 0 Å². The molecule has 0 aliphatic heterocycles. The smallest absolute Gasteiger partial charge is 0.206 e. The topological polar surface area (TPSA) is 167 Å². The van der Waals surface area contributed by atoms with Gasteiger partial charge in [-0.3, -0.25) is 0 Å². The summed E-state index contributed by atoms with van der Waals surface area (Å²) in [6.45, 7) is 0. The molecule has 0 N–H and O–H groups in total. The predicted octanol–water partition coefficient (Wildman–Crippen LogP) is 9.39. The number of benzene rings is 3. The monoisotopic (exact) mass is 745 g/mol. The highest BCUT2D eigenvalue weighted by Crippen LogP contribution is 2.58. The van der Waals surface area contributed by atoms with Gasteiger partial charge in [-0.2, -0.15) is 76.3 Å². The molecule has 0 atom stereocenters. The minimum Gasteiger partial charge on any atom is -0.206 e. The molecule has 0 aromatic heterocycles. The van der Waals surface area contributed by atoms with Crippen LogP contribution in [0.4, 0.5) is 48.3 Å². The fourth-order valence-electron chi connectivity index (χ4n) is 6.17. The number of alkyl halides is 9. The van der Waals surface area contributed by atoms with Crippen molar-refractivity contribution in [1.29, 1.82) is 36.8 Å². The summed E-state index contributed by atoms with van der Waals surface area (Å²) in [5.74, 6) is -3.65. The molecular formula is C36H6F11N7. The van der Waals surface area contributed by atoms with Gasteiger partial charge in [-0.25, -0.2) is 8.78 Å². The number of nitriles is 7. The summed E-state index contributed by atoms with van der Waals surface area (Å²) in [5, 5.41) is 68.9. The Morgan fingerprint density at radius 2 is 0.815 bits per heavy atom. The molecule has 5 rings (SSSR count). The number of allylic oxidation sites excluding steroid dienone is 8. The fourth-order valence-corrected chi connectivity index (χ4v) is 6.17. The molecule has 0 fully saturated rings. The van der Waals surface area contributed by atoms with E-state index in [0.717, 1.165) is 6.07 Å². The first-order valence-electron chi connectivity index (χ1n) is 14.1. The van der Waals surface area contributed by atoms with E-state index in [2.05, 4.69) is 0 Å². The predicted molar refractivity (Wildman–Crippen MR) is 160 cm³/mol. The van der Waals surface area contributed by atoms with E-state index in [4.69, 9.17) is 0 Å². The first-order chi connectivity index (χ1) is 25.3. The van der Waals surface area contributed by atoms with Crippen LogP contribution in [-0.2, 0) is 18.5 Å². The normalized spacial score (nSPS) is 13.5. The van der Waals surface area contributed by atoms with Gasteiger partial charge >= 0.3 is 18.5 Å². The molecule has 0 unspecified atom stereocenters. The second kappa shape index (κ2) is 12.8. The summed E-state index contributed by atoms with van der Waals surface area (Å²) in [4.78, 5) is 0. The van der Waals surface area contributed by atoms with Crippen LogP contribution in [0.3, 0.4) is 0 Å². The second-order valence-corrected chi connectivity index (χ2v) is 10.9. The zero-order valence-corrected chi connectivity index (χ0v) is 25.8. The van der Waals surface area contributed by atoms with E-state index >= 15 is 8.78 Å². The largest absolute Gasteiger partial charge is 0.417 e. The minimum absolute atomic E-state index is 0.0611. The standard InChI is InChI=1S/C36H6F11N7/c37-32-28-19(12-53)24(14-1-2-16(7-48)22(5-14)35(42,43)44)26(17(8-49)9-50)30(28)33(38)31-27(18(10-51)11-52)25(20(13-54)29(31)32)15-3-4-21(34(39,40)41)23(6-15)36(45,46)47/h1-6H. The third kappa shape index (κ3) is 5.55. The molecule has 54 heavy (non-hydrogen) atoms. The molecule has 0 heterocycles. The first-order valence-corrected chi connectivity index (χ1v) is 14.1. The van der Waals surface area contributed by atoms with Gasteiger partial charge in [0.25, 0.3) is 0 Å². The molecule has 0 saturated carbocycles. The van der Waals surface area contributed by atoms with Gasteiger partial charge in [0.1, 0.15) is 59.2 Å². The Hall–Kier alpha value is -7.72. The van der Waals surface area contributed by atoms with Gasteiger partial charge in [-0.05, 0) is 35.4 Å². The van der Waals surface area contributed by atoms with Gasteiger partial charge in [0.2, 0.25) is 0 Å². The molecule has 2 aliphatic rings. The van der Waals surface area contributed by atoms with E-state index in [0.29, 0.717) is 18.2 Å². The minimum atomic E-state index is -5.72. The number of nitrogens with zero attached hydrogens (tertiary/aromatic N) is 7. The van der Waals surface area contributed by atoms with E-state index in [9.17, 15) is 76.3 Å². The summed E-state index contributed by atoms with van der Waals surface area (Å²) in [6.07, 6.45) is -16.5. The van der Waals surface area contributed by atoms with Crippen LogP contribution in [0.15, 0.2) is 47.5 Å². The Morgan fingerprint density at radius 3 is 1.17 bits per heavy atom. The molecule has 0 radical (unpaired) electrons. The van der Waals surface area contributed by atoms with Crippen molar-refractivity contribution in [2.45, 2.75) is 18.5 Å². The number of hydrogen-bond acceptors (Lipinski definition) is 7. The highest BCUT2D eigenvalue weighted by Gasteiger charge is 2.47. The molecule has 3 aromatic rings. The van der Waals surface area contributed by atoms with E-state index in [1.165, 1.54) is 42.5 Å². The number of hydrogen-bond donors (Lipinski definition) is 0. The van der Waals surface area contributed by atoms with Crippen molar-refractivity contribution in [2.24, 2.45) is 0 Å². The number of rotatable bonds is 2. The highest BCUT2D eigenvalue weighted by atomic mass is 19.4. The Morgan fingerprint density at radius 1 is 0.444 bits per heavy atom. The van der Waals surface area contributed by atoms with Crippen molar-refractivity contribution >= 4 is 33.4 Å². The van der Waals surface area contributed by atoms with E-state index in [1.807, 2.05) is 0 Å². The average Bonchev–Trinajstić information content (AvgIpc) is 3.64. The third-order valence-corrected chi connectivity index (χ3v) is 8.20. The van der Waals surface area contributed by atoms with Crippen LogP contribution in [0, 0.1) is 91.0 Å². The van der Waals surface area contributed by atoms with Crippen molar-refractivity contribution in [2.75, 3.05) is 0 Å². The van der Waals surface area contributed by atoms with Crippen LogP contribution in [0.25, 0.3) is 33.4 Å². The maximum Gasteiger partial charge on any atom is 0.417 e. The lowest BCUT2D eigenvalue weighted by atomic mass is 9.87. The van der Waals surface area contributed by atoms with Crippen molar-refractivity contribution in [3.63, 3.8) is 0 Å². The lowest BCUT2D eigenvalue weighted by Gasteiger charge is -2.18. The summed E-state index contributed by atoms with van der Waals surface area (Å²) in [7, 11) is 0. The third-order valence-electron chi connectivity index (χ3n) is 8.20.